The van der Waals surface area contributed by atoms with Crippen LogP contribution in [-0.2, 0) is 6.54 Å². The van der Waals surface area contributed by atoms with E-state index in [0.717, 1.165) is 10.7 Å². The van der Waals surface area contributed by atoms with Crippen molar-refractivity contribution in [2.45, 2.75) is 6.54 Å². The van der Waals surface area contributed by atoms with Crippen LogP contribution in [0.5, 0.6) is 0 Å². The van der Waals surface area contributed by atoms with Gasteiger partial charge in [0.1, 0.15) is 6.33 Å². The summed E-state index contributed by atoms with van der Waals surface area (Å²) in [5, 5.41) is 12.6. The van der Waals surface area contributed by atoms with Crippen LogP contribution in [0.4, 0.5) is 5.13 Å². The Morgan fingerprint density at radius 2 is 2.13 bits per heavy atom. The van der Waals surface area contributed by atoms with Crippen LogP contribution in [0.1, 0.15) is 11.1 Å². The van der Waals surface area contributed by atoms with Crippen molar-refractivity contribution in [3.63, 3.8) is 0 Å². The predicted octanol–water partition coefficient (Wildman–Crippen LogP) is 2.02. The number of aromatic nitrogens is 2. The number of rotatable bonds is 3. The smallest absolute Gasteiger partial charge is 0.202 e. The normalized spacial score (nSPS) is 9.53. The number of benzene rings is 1. The zero-order valence-corrected chi connectivity index (χ0v) is 8.66. The Bertz CT molecular complexity index is 455. The summed E-state index contributed by atoms with van der Waals surface area (Å²) in [5.74, 6) is 0. The third-order valence-electron chi connectivity index (χ3n) is 1.89. The maximum atomic E-state index is 8.63. The molecule has 0 fully saturated rings. The molecule has 5 heteroatoms. The molecule has 74 valence electrons. The van der Waals surface area contributed by atoms with Crippen LogP contribution in [-0.4, -0.2) is 9.36 Å². The highest BCUT2D eigenvalue weighted by Crippen LogP contribution is 2.10. The first-order valence-electron chi connectivity index (χ1n) is 4.38. The van der Waals surface area contributed by atoms with Crippen LogP contribution < -0.4 is 5.32 Å². The molecule has 2 rings (SSSR count). The second-order valence-electron chi connectivity index (χ2n) is 2.91. The zero-order valence-electron chi connectivity index (χ0n) is 7.84. The predicted molar refractivity (Wildman–Crippen MR) is 58.4 cm³/mol. The lowest BCUT2D eigenvalue weighted by atomic mass is 10.1. The van der Waals surface area contributed by atoms with Crippen LogP contribution in [0, 0.1) is 11.3 Å². The van der Waals surface area contributed by atoms with Crippen molar-refractivity contribution in [1.29, 1.82) is 5.26 Å². The van der Waals surface area contributed by atoms with Crippen LogP contribution in [0.25, 0.3) is 0 Å². The second kappa shape index (κ2) is 4.53. The first-order valence-corrected chi connectivity index (χ1v) is 5.15. The minimum absolute atomic E-state index is 0.676. The van der Waals surface area contributed by atoms with E-state index in [2.05, 4.69) is 20.7 Å². The summed E-state index contributed by atoms with van der Waals surface area (Å²) in [6, 6.07) is 9.53. The fraction of sp³-hybridized carbons (Fsp3) is 0.100. The first-order chi connectivity index (χ1) is 7.38. The standard InChI is InChI=1S/C10H8N4S/c11-5-8-1-3-9(4-2-8)6-12-10-13-7-14-15-10/h1-4,7H,6H2,(H,12,13,14). The fourth-order valence-corrected chi connectivity index (χ4v) is 1.55. The van der Waals surface area contributed by atoms with Crippen molar-refractivity contribution in [3.8, 4) is 6.07 Å². The Morgan fingerprint density at radius 1 is 1.33 bits per heavy atom. The van der Waals surface area contributed by atoms with Gasteiger partial charge in [0.2, 0.25) is 5.13 Å². The van der Waals surface area contributed by atoms with E-state index in [0.29, 0.717) is 12.1 Å². The molecule has 4 nitrogen and oxygen atoms in total. The number of anilines is 1. The van der Waals surface area contributed by atoms with Crippen LogP contribution in [0.3, 0.4) is 0 Å². The maximum absolute atomic E-state index is 8.63. The van der Waals surface area contributed by atoms with Gasteiger partial charge < -0.3 is 5.32 Å². The van der Waals surface area contributed by atoms with Gasteiger partial charge in [-0.1, -0.05) is 12.1 Å². The SMILES string of the molecule is N#Cc1ccc(CNc2ncns2)cc1. The topological polar surface area (TPSA) is 61.6 Å². The van der Waals surface area contributed by atoms with Gasteiger partial charge >= 0.3 is 0 Å². The molecule has 0 bridgehead atoms. The third kappa shape index (κ3) is 2.51. The lowest BCUT2D eigenvalue weighted by molar-refractivity contribution is 1.13. The Hall–Kier alpha value is -1.93. The summed E-state index contributed by atoms with van der Waals surface area (Å²) < 4.78 is 3.89. The van der Waals surface area contributed by atoms with E-state index in [4.69, 9.17) is 5.26 Å². The average Bonchev–Trinajstić information content (AvgIpc) is 2.80. The number of hydrogen-bond donors (Lipinski definition) is 1. The van der Waals surface area contributed by atoms with Gasteiger partial charge in [0.05, 0.1) is 11.6 Å². The maximum Gasteiger partial charge on any atom is 0.202 e. The van der Waals surface area contributed by atoms with E-state index >= 15 is 0 Å². The van der Waals surface area contributed by atoms with E-state index in [1.54, 1.807) is 12.1 Å². The lowest BCUT2D eigenvalue weighted by Gasteiger charge is -2.01. The summed E-state index contributed by atoms with van der Waals surface area (Å²) in [4.78, 5) is 4.01. The zero-order chi connectivity index (χ0) is 10.5. The van der Waals surface area contributed by atoms with Gasteiger partial charge in [0, 0.05) is 18.1 Å². The molecule has 15 heavy (non-hydrogen) atoms. The largest absolute Gasteiger partial charge is 0.356 e. The van der Waals surface area contributed by atoms with E-state index < -0.39 is 0 Å². The summed E-state index contributed by atoms with van der Waals surface area (Å²) in [5.41, 5.74) is 1.79. The lowest BCUT2D eigenvalue weighted by Crippen LogP contribution is -1.98. The summed E-state index contributed by atoms with van der Waals surface area (Å²) in [7, 11) is 0. The Morgan fingerprint density at radius 3 is 2.73 bits per heavy atom. The minimum Gasteiger partial charge on any atom is -0.356 e. The third-order valence-corrected chi connectivity index (χ3v) is 2.51. The number of nitrogens with zero attached hydrogens (tertiary/aromatic N) is 3. The molecular weight excluding hydrogens is 208 g/mol. The molecule has 0 amide bonds. The highest BCUT2D eigenvalue weighted by atomic mass is 32.1. The fourth-order valence-electron chi connectivity index (χ4n) is 1.13. The van der Waals surface area contributed by atoms with Crippen molar-refractivity contribution in [2.75, 3.05) is 5.32 Å². The molecule has 1 heterocycles. The van der Waals surface area contributed by atoms with Gasteiger partial charge in [-0.3, -0.25) is 0 Å². The van der Waals surface area contributed by atoms with E-state index in [1.165, 1.54) is 17.9 Å². The molecule has 0 aliphatic carbocycles. The Balaban J connectivity index is 1.97. The van der Waals surface area contributed by atoms with Crippen molar-refractivity contribution in [2.24, 2.45) is 0 Å². The Labute approximate surface area is 91.4 Å². The van der Waals surface area contributed by atoms with Crippen molar-refractivity contribution >= 4 is 16.7 Å². The van der Waals surface area contributed by atoms with Gasteiger partial charge in [-0.05, 0) is 17.7 Å². The quantitative estimate of drug-likeness (QED) is 0.852. The molecule has 0 aliphatic rings. The monoisotopic (exact) mass is 216 g/mol. The van der Waals surface area contributed by atoms with Gasteiger partial charge in [0.15, 0.2) is 0 Å². The highest BCUT2D eigenvalue weighted by molar-refractivity contribution is 7.09. The van der Waals surface area contributed by atoms with Crippen LogP contribution in [0.15, 0.2) is 30.6 Å². The molecule has 0 atom stereocenters. The number of nitrogens with one attached hydrogen (secondary N) is 1. The number of hydrogen-bond acceptors (Lipinski definition) is 5. The molecule has 0 spiro atoms. The van der Waals surface area contributed by atoms with Gasteiger partial charge in [-0.15, -0.1) is 0 Å². The summed E-state index contributed by atoms with van der Waals surface area (Å²) in [6.07, 6.45) is 1.52. The molecule has 0 radical (unpaired) electrons. The van der Waals surface area contributed by atoms with Crippen molar-refractivity contribution < 1.29 is 0 Å². The Kier molecular flexibility index (Phi) is 2.90. The summed E-state index contributed by atoms with van der Waals surface area (Å²) in [6.45, 7) is 0.695. The molecular formula is C10H8N4S. The van der Waals surface area contributed by atoms with E-state index in [1.807, 2.05) is 12.1 Å². The average molecular weight is 216 g/mol. The van der Waals surface area contributed by atoms with Crippen molar-refractivity contribution in [1.82, 2.24) is 9.36 Å². The molecule has 0 saturated carbocycles. The molecule has 0 unspecified atom stereocenters. The first kappa shape index (κ1) is 9.62. The molecule has 1 aromatic heterocycles. The summed E-state index contributed by atoms with van der Waals surface area (Å²) >= 11 is 1.33. The van der Waals surface area contributed by atoms with Gasteiger partial charge in [-0.2, -0.15) is 9.64 Å². The minimum atomic E-state index is 0.676. The molecule has 1 aromatic carbocycles. The van der Waals surface area contributed by atoms with Gasteiger partial charge in [0.25, 0.3) is 0 Å². The number of nitriles is 1. The van der Waals surface area contributed by atoms with E-state index in [9.17, 15) is 0 Å². The van der Waals surface area contributed by atoms with Crippen LogP contribution >= 0.6 is 11.5 Å². The molecule has 0 aliphatic heterocycles. The van der Waals surface area contributed by atoms with Crippen LogP contribution in [0.2, 0.25) is 0 Å². The molecule has 0 saturated heterocycles. The molecule has 2 aromatic rings. The van der Waals surface area contributed by atoms with Gasteiger partial charge in [-0.25, -0.2) is 4.98 Å². The highest BCUT2D eigenvalue weighted by Gasteiger charge is 1.96. The molecule has 1 N–H and O–H groups in total. The van der Waals surface area contributed by atoms with E-state index in [-0.39, 0.29) is 0 Å². The van der Waals surface area contributed by atoms with Crippen molar-refractivity contribution in [3.05, 3.63) is 41.7 Å². The second-order valence-corrected chi connectivity index (χ2v) is 3.69.